The van der Waals surface area contributed by atoms with Gasteiger partial charge < -0.3 is 24.8 Å². The monoisotopic (exact) mass is 304 g/mol. The van der Waals surface area contributed by atoms with Gasteiger partial charge in [0.05, 0.1) is 6.54 Å². The molecular formula is C16H20N2O4. The molecule has 0 atom stereocenters. The number of carbonyl (C=O) groups is 1. The average molecular weight is 304 g/mol. The predicted molar refractivity (Wildman–Crippen MR) is 82.1 cm³/mol. The van der Waals surface area contributed by atoms with Crippen LogP contribution in [-0.2, 0) is 0 Å². The summed E-state index contributed by atoms with van der Waals surface area (Å²) < 4.78 is 16.0. The van der Waals surface area contributed by atoms with Crippen molar-refractivity contribution in [1.82, 2.24) is 10.6 Å². The maximum atomic E-state index is 11.5. The lowest BCUT2D eigenvalue weighted by molar-refractivity contribution is 0.174. The smallest absolute Gasteiger partial charge is 0.315 e. The zero-order valence-corrected chi connectivity index (χ0v) is 13.0. The van der Waals surface area contributed by atoms with Crippen molar-refractivity contribution in [2.75, 3.05) is 19.9 Å². The van der Waals surface area contributed by atoms with Crippen molar-refractivity contribution >= 4 is 6.03 Å². The number of urea groups is 1. The molecule has 22 heavy (non-hydrogen) atoms. The van der Waals surface area contributed by atoms with Gasteiger partial charge in [0.2, 0.25) is 6.79 Å². The number of amides is 2. The van der Waals surface area contributed by atoms with Gasteiger partial charge in [-0.25, -0.2) is 4.79 Å². The summed E-state index contributed by atoms with van der Waals surface area (Å²) in [6.45, 7) is 6.49. The van der Waals surface area contributed by atoms with E-state index in [0.29, 0.717) is 17.2 Å². The van der Waals surface area contributed by atoms with Gasteiger partial charge in [-0.2, -0.15) is 0 Å². The third-order valence-electron chi connectivity index (χ3n) is 2.61. The lowest BCUT2D eigenvalue weighted by Crippen LogP contribution is -2.46. The van der Waals surface area contributed by atoms with E-state index in [0.717, 1.165) is 0 Å². The van der Waals surface area contributed by atoms with Crippen LogP contribution in [0.3, 0.4) is 0 Å². The molecular weight excluding hydrogens is 284 g/mol. The average Bonchev–Trinajstić information content (AvgIpc) is 2.88. The Hall–Kier alpha value is -2.55. The molecule has 2 amide bonds. The second kappa shape index (κ2) is 6.94. The fraction of sp³-hybridized carbons (Fsp3) is 0.438. The SMILES string of the molecule is CC(C)(C)NC(=O)NCC#CCOc1ccc2c(c1)OCO2. The molecule has 0 aromatic heterocycles. The van der Waals surface area contributed by atoms with Gasteiger partial charge >= 0.3 is 6.03 Å². The van der Waals surface area contributed by atoms with E-state index in [1.807, 2.05) is 20.8 Å². The zero-order valence-electron chi connectivity index (χ0n) is 13.0. The number of hydrogen-bond donors (Lipinski definition) is 2. The van der Waals surface area contributed by atoms with E-state index >= 15 is 0 Å². The van der Waals surface area contributed by atoms with Gasteiger partial charge in [-0.15, -0.1) is 0 Å². The summed E-state index contributed by atoms with van der Waals surface area (Å²) in [6.07, 6.45) is 0. The molecule has 0 fully saturated rings. The van der Waals surface area contributed by atoms with Crippen molar-refractivity contribution in [3.8, 4) is 29.1 Å². The van der Waals surface area contributed by atoms with Gasteiger partial charge in [0.15, 0.2) is 11.5 Å². The molecule has 2 N–H and O–H groups in total. The second-order valence-corrected chi connectivity index (χ2v) is 5.71. The minimum Gasteiger partial charge on any atom is -0.481 e. The standard InChI is InChI=1S/C16H20N2O4/c1-16(2,3)18-15(19)17-8-4-5-9-20-12-6-7-13-14(10-12)22-11-21-13/h6-7,10H,8-9,11H2,1-3H3,(H2,17,18,19). The van der Waals surface area contributed by atoms with Gasteiger partial charge in [0, 0.05) is 11.6 Å². The van der Waals surface area contributed by atoms with E-state index in [1.165, 1.54) is 0 Å². The lowest BCUT2D eigenvalue weighted by atomic mass is 10.1. The number of hydrogen-bond acceptors (Lipinski definition) is 4. The molecule has 6 heteroatoms. The number of nitrogens with one attached hydrogen (secondary N) is 2. The minimum absolute atomic E-state index is 0.237. The largest absolute Gasteiger partial charge is 0.481 e. The van der Waals surface area contributed by atoms with Crippen molar-refractivity contribution in [2.45, 2.75) is 26.3 Å². The van der Waals surface area contributed by atoms with Crippen molar-refractivity contribution < 1.29 is 19.0 Å². The first kappa shape index (κ1) is 15.8. The summed E-state index contributed by atoms with van der Waals surface area (Å²) in [7, 11) is 0. The fourth-order valence-electron chi connectivity index (χ4n) is 1.71. The molecule has 1 aromatic rings. The Balaban J connectivity index is 1.68. The first-order valence-corrected chi connectivity index (χ1v) is 6.98. The quantitative estimate of drug-likeness (QED) is 0.837. The molecule has 118 valence electrons. The predicted octanol–water partition coefficient (Wildman–Crippen LogP) is 1.90. The molecule has 2 rings (SSSR count). The van der Waals surface area contributed by atoms with Crippen LogP contribution >= 0.6 is 0 Å². The first-order chi connectivity index (χ1) is 10.4. The van der Waals surface area contributed by atoms with Gasteiger partial charge in [0.25, 0.3) is 0 Å². The van der Waals surface area contributed by atoms with E-state index in [2.05, 4.69) is 22.5 Å². The molecule has 0 aliphatic carbocycles. The molecule has 1 heterocycles. The zero-order chi connectivity index (χ0) is 16.0. The number of ether oxygens (including phenoxy) is 3. The van der Waals surface area contributed by atoms with Crippen LogP contribution in [0.15, 0.2) is 18.2 Å². The molecule has 0 spiro atoms. The van der Waals surface area contributed by atoms with Crippen LogP contribution in [0, 0.1) is 11.8 Å². The molecule has 6 nitrogen and oxygen atoms in total. The summed E-state index contributed by atoms with van der Waals surface area (Å²) in [5, 5.41) is 5.44. The van der Waals surface area contributed by atoms with Crippen molar-refractivity contribution in [3.63, 3.8) is 0 Å². The van der Waals surface area contributed by atoms with Crippen molar-refractivity contribution in [3.05, 3.63) is 18.2 Å². The van der Waals surface area contributed by atoms with E-state index in [9.17, 15) is 4.79 Å². The minimum atomic E-state index is -0.264. The topological polar surface area (TPSA) is 68.8 Å². The Morgan fingerprint density at radius 2 is 2.05 bits per heavy atom. The Morgan fingerprint density at radius 3 is 2.82 bits per heavy atom. The fourth-order valence-corrected chi connectivity index (χ4v) is 1.71. The molecule has 1 aliphatic heterocycles. The van der Waals surface area contributed by atoms with Crippen LogP contribution in [0.4, 0.5) is 4.79 Å². The summed E-state index contributed by atoms with van der Waals surface area (Å²) in [4.78, 5) is 11.5. The molecule has 1 aliphatic rings. The van der Waals surface area contributed by atoms with E-state index < -0.39 is 0 Å². The van der Waals surface area contributed by atoms with Crippen LogP contribution < -0.4 is 24.8 Å². The molecule has 0 radical (unpaired) electrons. The highest BCUT2D eigenvalue weighted by atomic mass is 16.7. The highest BCUT2D eigenvalue weighted by Crippen LogP contribution is 2.34. The first-order valence-electron chi connectivity index (χ1n) is 6.98. The van der Waals surface area contributed by atoms with Crippen molar-refractivity contribution in [1.29, 1.82) is 0 Å². The summed E-state index contributed by atoms with van der Waals surface area (Å²) >= 11 is 0. The molecule has 0 unspecified atom stereocenters. The van der Waals surface area contributed by atoms with Crippen molar-refractivity contribution in [2.24, 2.45) is 0 Å². The number of fused-ring (bicyclic) bond motifs is 1. The highest BCUT2D eigenvalue weighted by molar-refractivity contribution is 5.74. The van der Waals surface area contributed by atoms with Crippen LogP contribution in [0.25, 0.3) is 0 Å². The normalized spacial score (nSPS) is 12.1. The second-order valence-electron chi connectivity index (χ2n) is 5.71. The summed E-state index contributed by atoms with van der Waals surface area (Å²) in [6, 6.07) is 5.12. The van der Waals surface area contributed by atoms with Crippen LogP contribution in [0.1, 0.15) is 20.8 Å². The van der Waals surface area contributed by atoms with E-state index in [4.69, 9.17) is 14.2 Å². The Bertz CT molecular complexity index is 596. The third kappa shape index (κ3) is 5.09. The van der Waals surface area contributed by atoms with Gasteiger partial charge in [-0.1, -0.05) is 11.8 Å². The van der Waals surface area contributed by atoms with Gasteiger partial charge in [0.1, 0.15) is 12.4 Å². The summed E-state index contributed by atoms with van der Waals surface area (Å²) in [5.41, 5.74) is -0.264. The maximum absolute atomic E-state index is 11.5. The Morgan fingerprint density at radius 1 is 1.27 bits per heavy atom. The maximum Gasteiger partial charge on any atom is 0.315 e. The third-order valence-corrected chi connectivity index (χ3v) is 2.61. The van der Waals surface area contributed by atoms with Gasteiger partial charge in [-0.3, -0.25) is 0 Å². The molecule has 1 aromatic carbocycles. The summed E-state index contributed by atoms with van der Waals surface area (Å²) in [5.74, 6) is 7.71. The van der Waals surface area contributed by atoms with Crippen LogP contribution in [0.2, 0.25) is 0 Å². The number of benzene rings is 1. The van der Waals surface area contributed by atoms with Gasteiger partial charge in [-0.05, 0) is 32.9 Å². The van der Waals surface area contributed by atoms with E-state index in [1.54, 1.807) is 18.2 Å². The molecule has 0 saturated heterocycles. The Labute approximate surface area is 130 Å². The molecule has 0 bridgehead atoms. The number of carbonyl (C=O) groups excluding carboxylic acids is 1. The van der Waals surface area contributed by atoms with Crippen LogP contribution in [-0.4, -0.2) is 31.5 Å². The Kier molecular flexibility index (Phi) is 4.99. The van der Waals surface area contributed by atoms with E-state index in [-0.39, 0.29) is 31.5 Å². The molecule has 0 saturated carbocycles. The number of rotatable bonds is 3. The lowest BCUT2D eigenvalue weighted by Gasteiger charge is -2.20. The highest BCUT2D eigenvalue weighted by Gasteiger charge is 2.13. The van der Waals surface area contributed by atoms with Crippen LogP contribution in [0.5, 0.6) is 17.2 Å².